The van der Waals surface area contributed by atoms with Gasteiger partial charge >= 0.3 is 0 Å². The number of carbonyl (C=O) groups excluding carboxylic acids is 2. The fourth-order valence-corrected chi connectivity index (χ4v) is 2.45. The molecule has 0 saturated heterocycles. The van der Waals surface area contributed by atoms with Crippen molar-refractivity contribution >= 4 is 11.8 Å². The molecule has 3 aliphatic rings. The number of nitrogens with zero attached hydrogens (tertiary/aromatic N) is 1. The molecular formula is C12H11NO2. The van der Waals surface area contributed by atoms with Crippen LogP contribution >= 0.6 is 0 Å². The maximum atomic E-state index is 11.8. The summed E-state index contributed by atoms with van der Waals surface area (Å²) in [6.45, 7) is 2.06. The van der Waals surface area contributed by atoms with E-state index in [1.165, 1.54) is 16.0 Å². The largest absolute Gasteiger partial charge is 0.281 e. The van der Waals surface area contributed by atoms with Crippen molar-refractivity contribution in [3.8, 4) is 0 Å². The average Bonchev–Trinajstić information content (AvgIpc) is 2.87. The Morgan fingerprint density at radius 3 is 2.80 bits per heavy atom. The molecule has 1 aliphatic heterocycles. The summed E-state index contributed by atoms with van der Waals surface area (Å²) in [5.41, 5.74) is 4.33. The number of likely N-dealkylation sites (N-methyl/N-ethyl adjacent to an activating group) is 1. The van der Waals surface area contributed by atoms with Gasteiger partial charge in [-0.3, -0.25) is 14.5 Å². The van der Waals surface area contributed by atoms with E-state index in [0.29, 0.717) is 12.3 Å². The molecule has 1 heterocycles. The summed E-state index contributed by atoms with van der Waals surface area (Å²) >= 11 is 0. The zero-order valence-electron chi connectivity index (χ0n) is 8.70. The summed E-state index contributed by atoms with van der Waals surface area (Å²) in [5, 5.41) is 0. The van der Waals surface area contributed by atoms with Crippen LogP contribution in [0.5, 0.6) is 0 Å². The third kappa shape index (κ3) is 0.950. The molecule has 3 rings (SSSR count). The third-order valence-corrected chi connectivity index (χ3v) is 3.49. The Bertz CT molecular complexity index is 494. The van der Waals surface area contributed by atoms with Gasteiger partial charge < -0.3 is 0 Å². The van der Waals surface area contributed by atoms with Crippen LogP contribution in [0.1, 0.15) is 13.3 Å². The van der Waals surface area contributed by atoms with Gasteiger partial charge in [-0.1, -0.05) is 11.6 Å². The maximum absolute atomic E-state index is 11.8. The van der Waals surface area contributed by atoms with E-state index < -0.39 is 0 Å². The van der Waals surface area contributed by atoms with Crippen molar-refractivity contribution in [1.29, 1.82) is 0 Å². The van der Waals surface area contributed by atoms with Crippen LogP contribution in [0.25, 0.3) is 0 Å². The topological polar surface area (TPSA) is 37.4 Å². The molecule has 15 heavy (non-hydrogen) atoms. The normalized spacial score (nSPS) is 28.4. The lowest BCUT2D eigenvalue weighted by molar-refractivity contribution is -0.141. The van der Waals surface area contributed by atoms with Crippen LogP contribution < -0.4 is 0 Å². The fraction of sp³-hybridized carbons (Fsp3) is 0.333. The van der Waals surface area contributed by atoms with Crippen LogP contribution in [0.3, 0.4) is 0 Å². The van der Waals surface area contributed by atoms with E-state index in [4.69, 9.17) is 0 Å². The molecule has 0 aromatic heterocycles. The Hall–Kier alpha value is -1.64. The number of rotatable bonds is 0. The van der Waals surface area contributed by atoms with Gasteiger partial charge in [-0.15, -0.1) is 0 Å². The van der Waals surface area contributed by atoms with Crippen molar-refractivity contribution in [2.75, 3.05) is 7.05 Å². The maximum Gasteiger partial charge on any atom is 0.260 e. The summed E-state index contributed by atoms with van der Waals surface area (Å²) in [7, 11) is 1.55. The average molecular weight is 201 g/mol. The third-order valence-electron chi connectivity index (χ3n) is 3.49. The van der Waals surface area contributed by atoms with E-state index in [2.05, 4.69) is 6.92 Å². The molecule has 0 bridgehead atoms. The smallest absolute Gasteiger partial charge is 0.260 e. The molecule has 0 radical (unpaired) electrons. The van der Waals surface area contributed by atoms with Gasteiger partial charge in [0.15, 0.2) is 0 Å². The fourth-order valence-electron chi connectivity index (χ4n) is 2.45. The molecule has 0 fully saturated rings. The van der Waals surface area contributed by atoms with Crippen molar-refractivity contribution < 1.29 is 9.59 Å². The lowest BCUT2D eigenvalue weighted by atomic mass is 9.89. The number of hydrogen-bond acceptors (Lipinski definition) is 2. The van der Waals surface area contributed by atoms with Gasteiger partial charge in [-0.25, -0.2) is 0 Å². The van der Waals surface area contributed by atoms with Crippen LogP contribution in [-0.2, 0) is 9.59 Å². The zero-order chi connectivity index (χ0) is 10.7. The van der Waals surface area contributed by atoms with Gasteiger partial charge in [-0.05, 0) is 24.1 Å². The van der Waals surface area contributed by atoms with Crippen LogP contribution in [0.15, 0.2) is 34.4 Å². The van der Waals surface area contributed by atoms with Crippen molar-refractivity contribution in [3.63, 3.8) is 0 Å². The minimum absolute atomic E-state index is 0.0897. The number of fused-ring (bicyclic) bond motifs is 2. The van der Waals surface area contributed by atoms with E-state index in [9.17, 15) is 9.59 Å². The molecule has 0 aromatic rings. The molecule has 2 amide bonds. The van der Waals surface area contributed by atoms with Gasteiger partial charge in [0.25, 0.3) is 5.91 Å². The highest BCUT2D eigenvalue weighted by molar-refractivity contribution is 6.11. The Labute approximate surface area is 87.8 Å². The second-order valence-electron chi connectivity index (χ2n) is 4.28. The number of amides is 2. The predicted molar refractivity (Wildman–Crippen MR) is 54.8 cm³/mol. The number of carbonyl (C=O) groups is 2. The minimum Gasteiger partial charge on any atom is -0.281 e. The van der Waals surface area contributed by atoms with Crippen molar-refractivity contribution in [2.45, 2.75) is 13.3 Å². The summed E-state index contributed by atoms with van der Waals surface area (Å²) in [6.07, 6.45) is 4.25. The number of hydrogen-bond donors (Lipinski definition) is 0. The molecule has 0 spiro atoms. The molecule has 0 N–H and O–H groups in total. The highest BCUT2D eigenvalue weighted by atomic mass is 16.2. The molecule has 3 heteroatoms. The molecule has 76 valence electrons. The molecule has 2 aliphatic carbocycles. The summed E-state index contributed by atoms with van der Waals surface area (Å²) in [5.74, 6) is 0.0518. The van der Waals surface area contributed by atoms with Gasteiger partial charge in [0.1, 0.15) is 0 Å². The van der Waals surface area contributed by atoms with Gasteiger partial charge in [0, 0.05) is 18.5 Å². The van der Waals surface area contributed by atoms with Crippen LogP contribution in [0.2, 0.25) is 0 Å². The summed E-state index contributed by atoms with van der Waals surface area (Å²) in [4.78, 5) is 24.6. The van der Waals surface area contributed by atoms with E-state index >= 15 is 0 Å². The standard InChI is InChI=1S/C12H11NO2/c1-6-7-3-4-8-9(11(6)7)5-10(14)13(2)12(8)15/h3-4,11H,5H2,1-2H3/t11-/m1/s1. The quantitative estimate of drug-likeness (QED) is 0.552. The Balaban J connectivity index is 2.09. The molecule has 0 saturated carbocycles. The summed E-state index contributed by atoms with van der Waals surface area (Å²) < 4.78 is 0. The van der Waals surface area contributed by atoms with Crippen molar-refractivity contribution in [2.24, 2.45) is 5.92 Å². The van der Waals surface area contributed by atoms with Crippen molar-refractivity contribution in [1.82, 2.24) is 4.90 Å². The highest BCUT2D eigenvalue weighted by Crippen LogP contribution is 2.51. The number of imide groups is 1. The first kappa shape index (κ1) is 8.65. The molecule has 0 unspecified atom stereocenters. The first-order valence-electron chi connectivity index (χ1n) is 5.04. The Kier molecular flexibility index (Phi) is 1.43. The van der Waals surface area contributed by atoms with Gasteiger partial charge in [-0.2, -0.15) is 0 Å². The van der Waals surface area contributed by atoms with Crippen LogP contribution in [-0.4, -0.2) is 23.8 Å². The highest BCUT2D eigenvalue weighted by Gasteiger charge is 2.43. The van der Waals surface area contributed by atoms with Crippen molar-refractivity contribution in [3.05, 3.63) is 34.4 Å². The summed E-state index contributed by atoms with van der Waals surface area (Å²) in [6, 6.07) is 0. The van der Waals surface area contributed by atoms with Gasteiger partial charge in [0.2, 0.25) is 5.91 Å². The molecule has 3 nitrogen and oxygen atoms in total. The minimum atomic E-state index is -0.156. The number of allylic oxidation sites excluding steroid dienone is 3. The lowest BCUT2D eigenvalue weighted by Crippen LogP contribution is -2.39. The first-order chi connectivity index (χ1) is 7.11. The monoisotopic (exact) mass is 201 g/mol. The zero-order valence-corrected chi connectivity index (χ0v) is 8.70. The van der Waals surface area contributed by atoms with E-state index in [0.717, 1.165) is 11.1 Å². The van der Waals surface area contributed by atoms with Gasteiger partial charge in [0.05, 0.1) is 6.42 Å². The van der Waals surface area contributed by atoms with E-state index in [-0.39, 0.29) is 11.8 Å². The SMILES string of the molecule is CC1=C2C=CC3=C(CC(=O)N(C)C3=O)[C@H]12. The second kappa shape index (κ2) is 2.48. The first-order valence-corrected chi connectivity index (χ1v) is 5.04. The second-order valence-corrected chi connectivity index (χ2v) is 4.28. The molecular weight excluding hydrogens is 190 g/mol. The van der Waals surface area contributed by atoms with Crippen LogP contribution in [0, 0.1) is 5.92 Å². The molecule has 0 aromatic carbocycles. The van der Waals surface area contributed by atoms with Crippen LogP contribution in [0.4, 0.5) is 0 Å². The lowest BCUT2D eigenvalue weighted by Gasteiger charge is -2.26. The Morgan fingerprint density at radius 2 is 2.07 bits per heavy atom. The van der Waals surface area contributed by atoms with E-state index in [1.54, 1.807) is 7.05 Å². The Morgan fingerprint density at radius 1 is 1.33 bits per heavy atom. The predicted octanol–water partition coefficient (Wildman–Crippen LogP) is 1.19. The molecule has 1 atom stereocenters. The van der Waals surface area contributed by atoms with E-state index in [1.807, 2.05) is 12.2 Å².